The molecule has 5 heteroatoms. The van der Waals surface area contributed by atoms with Gasteiger partial charge in [-0.25, -0.2) is 0 Å². The van der Waals surface area contributed by atoms with E-state index in [1.165, 1.54) is 12.0 Å². The highest BCUT2D eigenvalue weighted by Crippen LogP contribution is 2.18. The van der Waals surface area contributed by atoms with Crippen LogP contribution in [0.4, 0.5) is 0 Å². The highest BCUT2D eigenvalue weighted by atomic mass is 16.5. The first-order valence-corrected chi connectivity index (χ1v) is 6.02. The Kier molecular flexibility index (Phi) is 3.85. The topological polar surface area (TPSA) is 62.4 Å². The van der Waals surface area contributed by atoms with E-state index in [2.05, 4.69) is 9.72 Å². The molecule has 1 N–H and O–H groups in total. The van der Waals surface area contributed by atoms with Crippen LogP contribution in [0.2, 0.25) is 0 Å². The smallest absolute Gasteiger partial charge is 0.307 e. The van der Waals surface area contributed by atoms with Crippen LogP contribution in [0.5, 0.6) is 0 Å². The predicted octanol–water partition coefficient (Wildman–Crippen LogP) is 1.80. The molecule has 2 aromatic rings. The lowest BCUT2D eigenvalue weighted by Gasteiger charge is -2.16. The summed E-state index contributed by atoms with van der Waals surface area (Å²) in [5.74, 6) is -0.435. The number of methoxy groups -OCH3 is 1. The van der Waals surface area contributed by atoms with E-state index < -0.39 is 0 Å². The van der Waals surface area contributed by atoms with Crippen LogP contribution in [0.3, 0.4) is 0 Å². The summed E-state index contributed by atoms with van der Waals surface area (Å²) in [5.41, 5.74) is 1.42. The summed E-state index contributed by atoms with van der Waals surface area (Å²) in [6.45, 7) is 0.336. The monoisotopic (exact) mass is 260 g/mol. The molecule has 0 atom stereocenters. The zero-order chi connectivity index (χ0) is 13.8. The molecule has 5 nitrogen and oxygen atoms in total. The van der Waals surface area contributed by atoms with Gasteiger partial charge in [-0.15, -0.1) is 0 Å². The molecule has 1 heterocycles. The van der Waals surface area contributed by atoms with Crippen LogP contribution < -0.4 is 0 Å². The zero-order valence-corrected chi connectivity index (χ0v) is 11.0. The molecule has 1 aromatic heterocycles. The zero-order valence-electron chi connectivity index (χ0n) is 11.0. The predicted molar refractivity (Wildman–Crippen MR) is 71.9 cm³/mol. The second-order valence-electron chi connectivity index (χ2n) is 4.30. The molecule has 100 valence electrons. The highest BCUT2D eigenvalue weighted by molar-refractivity contribution is 6.05. The first-order valence-electron chi connectivity index (χ1n) is 6.02. The molecular weight excluding hydrogens is 244 g/mol. The molecule has 0 bridgehead atoms. The Morgan fingerprint density at radius 2 is 2.11 bits per heavy atom. The normalized spacial score (nSPS) is 10.4. The lowest BCUT2D eigenvalue weighted by atomic mass is 10.1. The number of aromatic nitrogens is 1. The first-order chi connectivity index (χ1) is 9.13. The van der Waals surface area contributed by atoms with Crippen molar-refractivity contribution in [1.29, 1.82) is 0 Å². The third-order valence-electron chi connectivity index (χ3n) is 3.04. The minimum atomic E-state index is -0.322. The third kappa shape index (κ3) is 2.76. The number of ether oxygens (including phenoxy) is 1. The fourth-order valence-electron chi connectivity index (χ4n) is 1.93. The number of esters is 1. The SMILES string of the molecule is COC(=O)CCN(C)C(=O)c1cccc2cc[nH]c12. The molecule has 0 spiro atoms. The molecule has 0 fully saturated rings. The number of rotatable bonds is 4. The average Bonchev–Trinajstić information content (AvgIpc) is 2.91. The van der Waals surface area contributed by atoms with E-state index in [4.69, 9.17) is 0 Å². The second kappa shape index (κ2) is 5.56. The van der Waals surface area contributed by atoms with E-state index >= 15 is 0 Å². The van der Waals surface area contributed by atoms with Gasteiger partial charge in [0.1, 0.15) is 0 Å². The van der Waals surface area contributed by atoms with Crippen molar-refractivity contribution >= 4 is 22.8 Å². The van der Waals surface area contributed by atoms with Crippen molar-refractivity contribution in [2.45, 2.75) is 6.42 Å². The first kappa shape index (κ1) is 13.1. The van der Waals surface area contributed by atoms with Crippen molar-refractivity contribution in [2.24, 2.45) is 0 Å². The Morgan fingerprint density at radius 3 is 2.84 bits per heavy atom. The van der Waals surface area contributed by atoms with Crippen LogP contribution in [0, 0.1) is 0 Å². The summed E-state index contributed by atoms with van der Waals surface area (Å²) in [4.78, 5) is 28.0. The Morgan fingerprint density at radius 1 is 1.32 bits per heavy atom. The molecule has 0 aliphatic carbocycles. The van der Waals surface area contributed by atoms with Crippen molar-refractivity contribution in [3.8, 4) is 0 Å². The summed E-state index contributed by atoms with van der Waals surface area (Å²) in [5, 5.41) is 0.993. The third-order valence-corrected chi connectivity index (χ3v) is 3.04. The van der Waals surface area contributed by atoms with Crippen molar-refractivity contribution in [2.75, 3.05) is 20.7 Å². The summed E-state index contributed by atoms with van der Waals surface area (Å²) in [7, 11) is 3.01. The molecule has 1 aromatic carbocycles. The van der Waals surface area contributed by atoms with Gasteiger partial charge in [-0.3, -0.25) is 9.59 Å². The van der Waals surface area contributed by atoms with Crippen LogP contribution in [0.1, 0.15) is 16.8 Å². The summed E-state index contributed by atoms with van der Waals surface area (Å²) < 4.78 is 4.56. The van der Waals surface area contributed by atoms with Gasteiger partial charge in [0.25, 0.3) is 5.91 Å². The van der Waals surface area contributed by atoms with Crippen molar-refractivity contribution in [1.82, 2.24) is 9.88 Å². The van der Waals surface area contributed by atoms with E-state index in [-0.39, 0.29) is 18.3 Å². The molecule has 0 unspecified atom stereocenters. The molecule has 19 heavy (non-hydrogen) atoms. The van der Waals surface area contributed by atoms with Gasteiger partial charge in [0, 0.05) is 25.2 Å². The maximum atomic E-state index is 12.3. The highest BCUT2D eigenvalue weighted by Gasteiger charge is 2.16. The fraction of sp³-hybridized carbons (Fsp3) is 0.286. The number of carbonyl (C=O) groups is 2. The molecule has 0 saturated carbocycles. The standard InChI is InChI=1S/C14H16N2O3/c1-16(9-7-12(17)19-2)14(18)11-5-3-4-10-6-8-15-13(10)11/h3-6,8,15H,7,9H2,1-2H3. The lowest BCUT2D eigenvalue weighted by molar-refractivity contribution is -0.140. The van der Waals surface area contributed by atoms with E-state index in [1.807, 2.05) is 18.2 Å². The Balaban J connectivity index is 2.15. The number of fused-ring (bicyclic) bond motifs is 1. The summed E-state index contributed by atoms with van der Waals surface area (Å²) in [6.07, 6.45) is 2.00. The molecule has 1 amide bonds. The molecule has 2 rings (SSSR count). The molecule has 0 saturated heterocycles. The van der Waals surface area contributed by atoms with Gasteiger partial charge < -0.3 is 14.6 Å². The number of nitrogens with one attached hydrogen (secondary N) is 1. The molecule has 0 radical (unpaired) electrons. The van der Waals surface area contributed by atoms with Crippen molar-refractivity contribution < 1.29 is 14.3 Å². The van der Waals surface area contributed by atoms with E-state index in [0.717, 1.165) is 10.9 Å². The van der Waals surface area contributed by atoms with E-state index in [0.29, 0.717) is 12.1 Å². The van der Waals surface area contributed by atoms with Gasteiger partial charge in [-0.1, -0.05) is 12.1 Å². The number of aromatic amines is 1. The van der Waals surface area contributed by atoms with Gasteiger partial charge in [0.05, 0.1) is 24.6 Å². The number of carbonyl (C=O) groups excluding carboxylic acids is 2. The minimum absolute atomic E-state index is 0.114. The summed E-state index contributed by atoms with van der Waals surface area (Å²) >= 11 is 0. The number of hydrogen-bond acceptors (Lipinski definition) is 3. The van der Waals surface area contributed by atoms with Crippen molar-refractivity contribution in [3.05, 3.63) is 36.0 Å². The molecule has 0 aliphatic heterocycles. The second-order valence-corrected chi connectivity index (χ2v) is 4.30. The molecule has 0 aliphatic rings. The van der Waals surface area contributed by atoms with Crippen LogP contribution in [0.25, 0.3) is 10.9 Å². The number of para-hydroxylation sites is 1. The maximum Gasteiger partial charge on any atom is 0.307 e. The van der Waals surface area contributed by atoms with Crippen LogP contribution in [-0.2, 0) is 9.53 Å². The Labute approximate surface area is 111 Å². The Bertz CT molecular complexity index is 604. The van der Waals surface area contributed by atoms with Gasteiger partial charge in [0.2, 0.25) is 0 Å². The average molecular weight is 260 g/mol. The van der Waals surface area contributed by atoms with Crippen LogP contribution in [0.15, 0.2) is 30.5 Å². The number of benzene rings is 1. The number of hydrogen-bond donors (Lipinski definition) is 1. The van der Waals surface area contributed by atoms with Crippen LogP contribution in [-0.4, -0.2) is 42.5 Å². The summed E-state index contributed by atoms with van der Waals surface area (Å²) in [6, 6.07) is 7.48. The maximum absolute atomic E-state index is 12.3. The van der Waals surface area contributed by atoms with E-state index in [1.54, 1.807) is 19.3 Å². The van der Waals surface area contributed by atoms with Gasteiger partial charge in [0.15, 0.2) is 0 Å². The van der Waals surface area contributed by atoms with Crippen LogP contribution >= 0.6 is 0 Å². The minimum Gasteiger partial charge on any atom is -0.469 e. The Hall–Kier alpha value is -2.30. The van der Waals surface area contributed by atoms with Gasteiger partial charge >= 0.3 is 5.97 Å². The number of H-pyrrole nitrogens is 1. The number of nitrogens with zero attached hydrogens (tertiary/aromatic N) is 1. The molecular formula is C14H16N2O3. The van der Waals surface area contributed by atoms with E-state index in [9.17, 15) is 9.59 Å². The van der Waals surface area contributed by atoms with Gasteiger partial charge in [-0.05, 0) is 12.1 Å². The van der Waals surface area contributed by atoms with Gasteiger partial charge in [-0.2, -0.15) is 0 Å². The largest absolute Gasteiger partial charge is 0.469 e. The lowest BCUT2D eigenvalue weighted by Crippen LogP contribution is -2.29. The number of amides is 1. The van der Waals surface area contributed by atoms with Crippen molar-refractivity contribution in [3.63, 3.8) is 0 Å². The quantitative estimate of drug-likeness (QED) is 0.853. The fourth-order valence-corrected chi connectivity index (χ4v) is 1.93.